The first-order valence-electron chi connectivity index (χ1n) is 5.06. The summed E-state index contributed by atoms with van der Waals surface area (Å²) in [6, 6.07) is 7.25. The van der Waals surface area contributed by atoms with Crippen molar-refractivity contribution < 1.29 is 9.90 Å². The summed E-state index contributed by atoms with van der Waals surface area (Å²) < 4.78 is 2.46. The predicted octanol–water partition coefficient (Wildman–Crippen LogP) is 3.23. The molecule has 0 aliphatic carbocycles. The molecule has 2 aromatic rings. The van der Waals surface area contributed by atoms with Gasteiger partial charge in [-0.1, -0.05) is 18.2 Å². The van der Waals surface area contributed by atoms with E-state index in [0.717, 1.165) is 9.81 Å². The van der Waals surface area contributed by atoms with E-state index in [9.17, 15) is 9.90 Å². The molecule has 2 heterocycles. The van der Waals surface area contributed by atoms with Gasteiger partial charge in [0.05, 0.1) is 11.2 Å². The van der Waals surface area contributed by atoms with Crippen LogP contribution in [0.3, 0.4) is 0 Å². The molecule has 1 aromatic carbocycles. The number of halogens is 2. The molecule has 0 atom stereocenters. The smallest absolute Gasteiger partial charge is 0.152 e. The number of hydrogen-bond donors (Lipinski definition) is 1. The van der Waals surface area contributed by atoms with Gasteiger partial charge in [-0.3, -0.25) is 0 Å². The van der Waals surface area contributed by atoms with Gasteiger partial charge in [0.15, 0.2) is 5.94 Å². The molecule has 0 saturated carbocycles. The Morgan fingerprint density at radius 3 is 2.67 bits per heavy atom. The maximum atomic E-state index is 10.8. The fourth-order valence-electron chi connectivity index (χ4n) is 2.05. The summed E-state index contributed by atoms with van der Waals surface area (Å²) in [5.74, 6) is 1.55. The second-order valence-corrected chi connectivity index (χ2v) is 4.47. The van der Waals surface area contributed by atoms with E-state index in [1.807, 2.05) is 18.2 Å². The Bertz CT molecular complexity index is 742. The Labute approximate surface area is 112 Å². The molecule has 4 nitrogen and oxygen atoms in total. The molecule has 18 heavy (non-hydrogen) atoms. The van der Waals surface area contributed by atoms with E-state index in [1.165, 1.54) is 10.2 Å². The van der Waals surface area contributed by atoms with Gasteiger partial charge < -0.3 is 5.11 Å². The first kappa shape index (κ1) is 11.2. The van der Waals surface area contributed by atoms with Crippen molar-refractivity contribution in [2.75, 3.05) is 4.42 Å². The third-order valence-electron chi connectivity index (χ3n) is 2.82. The number of benzene rings is 1. The third-order valence-corrected chi connectivity index (χ3v) is 3.52. The lowest BCUT2D eigenvalue weighted by atomic mass is 10.1. The van der Waals surface area contributed by atoms with Crippen LogP contribution in [0.5, 0.6) is 0 Å². The van der Waals surface area contributed by atoms with Crippen molar-refractivity contribution in [2.24, 2.45) is 0 Å². The lowest BCUT2D eigenvalue weighted by molar-refractivity contribution is 0.506. The van der Waals surface area contributed by atoms with Crippen LogP contribution < -0.4 is 4.42 Å². The largest absolute Gasteiger partial charge is 0.506 e. The van der Waals surface area contributed by atoms with Crippen LogP contribution in [0.15, 0.2) is 36.0 Å². The lowest BCUT2D eigenvalue weighted by Crippen LogP contribution is -2.15. The predicted molar refractivity (Wildman–Crippen MR) is 71.3 cm³/mol. The highest BCUT2D eigenvalue weighted by atomic mass is 35.5. The van der Waals surface area contributed by atoms with Gasteiger partial charge in [-0.2, -0.15) is 0 Å². The van der Waals surface area contributed by atoms with Gasteiger partial charge in [-0.05, 0) is 6.07 Å². The quantitative estimate of drug-likeness (QED) is 0.595. The second-order valence-electron chi connectivity index (χ2n) is 3.79. The molecule has 90 valence electrons. The summed E-state index contributed by atoms with van der Waals surface area (Å²) in [5, 5.41) is 10.7. The maximum Gasteiger partial charge on any atom is 0.152 e. The number of anilines is 1. The van der Waals surface area contributed by atoms with Gasteiger partial charge in [0.25, 0.3) is 0 Å². The molecule has 1 aliphatic rings. The van der Waals surface area contributed by atoms with Gasteiger partial charge in [0, 0.05) is 35.0 Å². The Morgan fingerprint density at radius 2 is 1.94 bits per heavy atom. The van der Waals surface area contributed by atoms with Crippen molar-refractivity contribution in [1.82, 2.24) is 4.09 Å². The fraction of sp³-hybridized carbons (Fsp3) is 0. The number of hydrogen-bond acceptors (Lipinski definition) is 3. The van der Waals surface area contributed by atoms with Gasteiger partial charge in [-0.25, -0.2) is 13.3 Å². The average molecular weight is 281 g/mol. The number of aliphatic hydroxyl groups is 1. The van der Waals surface area contributed by atoms with Gasteiger partial charge in [0.2, 0.25) is 0 Å². The molecule has 1 aliphatic heterocycles. The topological polar surface area (TPSA) is 45.5 Å². The highest BCUT2D eigenvalue weighted by Gasteiger charge is 2.29. The Hall–Kier alpha value is -1.87. The van der Waals surface area contributed by atoms with Crippen LogP contribution in [-0.2, 0) is 4.79 Å². The van der Waals surface area contributed by atoms with Crippen LogP contribution in [0.2, 0.25) is 0 Å². The molecule has 1 N–H and O–H groups in total. The van der Waals surface area contributed by atoms with Crippen LogP contribution >= 0.6 is 23.6 Å². The molecule has 3 rings (SSSR count). The fourth-order valence-corrected chi connectivity index (χ4v) is 2.62. The third kappa shape index (κ3) is 1.31. The molecule has 0 radical (unpaired) electrons. The van der Waals surface area contributed by atoms with Gasteiger partial charge in [0.1, 0.15) is 17.2 Å². The summed E-state index contributed by atoms with van der Waals surface area (Å²) in [5.41, 5.74) is 1.56. The van der Waals surface area contributed by atoms with Crippen LogP contribution in [0, 0.1) is 0 Å². The summed E-state index contributed by atoms with van der Waals surface area (Å²) in [4.78, 5) is 10.8. The Balaban J connectivity index is 2.49. The summed E-state index contributed by atoms with van der Waals surface area (Å²) in [7, 11) is 0. The second kappa shape index (κ2) is 3.82. The van der Waals surface area contributed by atoms with E-state index in [2.05, 4.69) is 0 Å². The molecule has 0 spiro atoms. The van der Waals surface area contributed by atoms with Crippen molar-refractivity contribution in [1.29, 1.82) is 0 Å². The number of rotatable bonds is 0. The maximum absolute atomic E-state index is 10.8. The molecule has 0 fully saturated rings. The summed E-state index contributed by atoms with van der Waals surface area (Å²) in [6.45, 7) is 0. The van der Waals surface area contributed by atoms with E-state index in [1.54, 1.807) is 12.0 Å². The van der Waals surface area contributed by atoms with Crippen molar-refractivity contribution >= 4 is 51.8 Å². The zero-order valence-corrected chi connectivity index (χ0v) is 10.4. The minimum absolute atomic E-state index is 0.0367. The summed E-state index contributed by atoms with van der Waals surface area (Å²) >= 11 is 12.2. The van der Waals surface area contributed by atoms with Crippen LogP contribution in [0.4, 0.5) is 5.69 Å². The molecule has 0 unspecified atom stereocenters. The van der Waals surface area contributed by atoms with Gasteiger partial charge in [-0.15, -0.1) is 0 Å². The first-order valence-corrected chi connectivity index (χ1v) is 5.74. The molecule has 1 aromatic heterocycles. The van der Waals surface area contributed by atoms with E-state index in [4.69, 9.17) is 23.6 Å². The monoisotopic (exact) mass is 280 g/mol. The SMILES string of the molecule is O=C=C1C=C(O)c2c(c3ccccc3n2Cl)N1Cl. The lowest BCUT2D eigenvalue weighted by Gasteiger charge is -2.20. The number of fused-ring (bicyclic) bond motifs is 3. The minimum Gasteiger partial charge on any atom is -0.506 e. The molecule has 6 heteroatoms. The number of aromatic nitrogens is 1. The zero-order chi connectivity index (χ0) is 12.9. The zero-order valence-electron chi connectivity index (χ0n) is 8.89. The Morgan fingerprint density at radius 1 is 1.22 bits per heavy atom. The van der Waals surface area contributed by atoms with Crippen LogP contribution in [0.25, 0.3) is 16.7 Å². The number of nitrogens with zero attached hydrogens (tertiary/aromatic N) is 2. The van der Waals surface area contributed by atoms with E-state index < -0.39 is 0 Å². The molecular formula is C12H6Cl2N2O2. The van der Waals surface area contributed by atoms with Crippen LogP contribution in [0.1, 0.15) is 5.69 Å². The average Bonchev–Trinajstić information content (AvgIpc) is 2.69. The van der Waals surface area contributed by atoms with Crippen molar-refractivity contribution in [2.45, 2.75) is 0 Å². The molecule has 0 bridgehead atoms. The number of carbonyl (C=O) groups excluding carboxylic acids is 1. The van der Waals surface area contributed by atoms with E-state index in [0.29, 0.717) is 16.9 Å². The molecular weight excluding hydrogens is 275 g/mol. The van der Waals surface area contributed by atoms with Crippen molar-refractivity contribution in [3.05, 3.63) is 41.7 Å². The molecule has 0 saturated heterocycles. The first-order chi connectivity index (χ1) is 8.65. The van der Waals surface area contributed by atoms with Crippen LogP contribution in [-0.4, -0.2) is 15.1 Å². The highest BCUT2D eigenvalue weighted by molar-refractivity contribution is 6.33. The number of para-hydroxylation sites is 1. The Kier molecular flexibility index (Phi) is 2.38. The number of aliphatic hydroxyl groups excluding tert-OH is 1. The minimum atomic E-state index is -0.119. The highest BCUT2D eigenvalue weighted by Crippen LogP contribution is 2.43. The molecule has 0 amide bonds. The van der Waals surface area contributed by atoms with E-state index >= 15 is 0 Å². The standard InChI is InChI=1S/C12H6Cl2N2O2/c13-15-7(6-17)5-10(18)12-11(15)8-3-1-2-4-9(8)16(12)14/h1-5,18H. The van der Waals surface area contributed by atoms with Crippen molar-refractivity contribution in [3.8, 4) is 0 Å². The summed E-state index contributed by atoms with van der Waals surface area (Å²) in [6.07, 6.45) is 1.22. The normalized spacial score (nSPS) is 14.4. The number of allylic oxidation sites excluding steroid dienone is 1. The van der Waals surface area contributed by atoms with Crippen molar-refractivity contribution in [3.63, 3.8) is 0 Å². The van der Waals surface area contributed by atoms with E-state index in [-0.39, 0.29) is 11.5 Å². The van der Waals surface area contributed by atoms with Gasteiger partial charge >= 0.3 is 0 Å².